The number of rotatable bonds is 8. The third-order valence-corrected chi connectivity index (χ3v) is 5.38. The number of nitrogens with two attached hydrogens (primary N) is 1. The zero-order valence-corrected chi connectivity index (χ0v) is 18.6. The molecule has 0 aliphatic carbocycles. The maximum absolute atomic E-state index is 12.8. The summed E-state index contributed by atoms with van der Waals surface area (Å²) in [6, 6.07) is 10.0. The van der Waals surface area contributed by atoms with E-state index >= 15 is 0 Å². The van der Waals surface area contributed by atoms with Gasteiger partial charge in [0.05, 0.1) is 18.5 Å². The van der Waals surface area contributed by atoms with Gasteiger partial charge in [-0.15, -0.1) is 0 Å². The van der Waals surface area contributed by atoms with Gasteiger partial charge in [0.15, 0.2) is 0 Å². The number of hydrogen-bond donors (Lipinski definition) is 3. The van der Waals surface area contributed by atoms with Gasteiger partial charge in [0.2, 0.25) is 5.95 Å². The summed E-state index contributed by atoms with van der Waals surface area (Å²) in [5.41, 5.74) is 8.65. The average molecular weight is 470 g/mol. The van der Waals surface area contributed by atoms with Crippen molar-refractivity contribution < 1.29 is 23.0 Å². The van der Waals surface area contributed by atoms with Crippen LogP contribution in [-0.4, -0.2) is 48.1 Å². The highest BCUT2D eigenvalue weighted by atomic mass is 19.3. The fourth-order valence-corrected chi connectivity index (χ4v) is 3.73. The number of fused-ring (bicyclic) bond motifs is 1. The highest BCUT2D eigenvalue weighted by Crippen LogP contribution is 2.34. The fourth-order valence-electron chi connectivity index (χ4n) is 3.73. The van der Waals surface area contributed by atoms with E-state index in [1.807, 2.05) is 12.1 Å². The van der Waals surface area contributed by atoms with Crippen molar-refractivity contribution in [2.24, 2.45) is 5.73 Å². The summed E-state index contributed by atoms with van der Waals surface area (Å²) in [7, 11) is 3.63. The molecule has 0 saturated heterocycles. The van der Waals surface area contributed by atoms with Gasteiger partial charge in [-0.3, -0.25) is 4.79 Å². The number of primary amides is 1. The molecule has 11 heteroatoms. The molecule has 0 spiro atoms. The van der Waals surface area contributed by atoms with Gasteiger partial charge in [-0.2, -0.15) is 13.8 Å². The molecule has 178 valence electrons. The Morgan fingerprint density at radius 3 is 2.68 bits per heavy atom. The summed E-state index contributed by atoms with van der Waals surface area (Å²) in [5, 5.41) is 5.97. The molecule has 3 aromatic rings. The van der Waals surface area contributed by atoms with Crippen molar-refractivity contribution in [1.29, 1.82) is 0 Å². The molecule has 0 saturated carbocycles. The number of halogens is 2. The van der Waals surface area contributed by atoms with E-state index < -0.39 is 12.5 Å². The van der Waals surface area contributed by atoms with Crippen molar-refractivity contribution in [3.8, 4) is 11.5 Å². The first-order valence-corrected chi connectivity index (χ1v) is 10.5. The summed E-state index contributed by atoms with van der Waals surface area (Å²) in [6.07, 6.45) is 2.18. The average Bonchev–Trinajstić information content (AvgIpc) is 2.79. The van der Waals surface area contributed by atoms with Crippen molar-refractivity contribution in [3.63, 3.8) is 0 Å². The van der Waals surface area contributed by atoms with Gasteiger partial charge < -0.3 is 30.7 Å². The molecule has 0 unspecified atom stereocenters. The highest BCUT2D eigenvalue weighted by Gasteiger charge is 2.19. The van der Waals surface area contributed by atoms with Crippen molar-refractivity contribution in [2.45, 2.75) is 19.6 Å². The number of nitrogens with one attached hydrogen (secondary N) is 2. The van der Waals surface area contributed by atoms with Crippen LogP contribution in [0.4, 0.5) is 31.9 Å². The SMILES string of the molecule is COc1cc2c(cc1Nc1ncc(C(N)=O)c(Nc3ccccc3OC(F)F)n1)CN(C)CC2. The van der Waals surface area contributed by atoms with Gasteiger partial charge in [-0.1, -0.05) is 12.1 Å². The number of benzene rings is 2. The Morgan fingerprint density at radius 2 is 1.94 bits per heavy atom. The standard InChI is InChI=1S/C23H24F2N6O3/c1-31-8-7-13-10-19(33-2)17(9-14(13)12-31)29-23-27-11-15(20(26)32)21(30-23)28-16-5-3-4-6-18(16)34-22(24)25/h3-6,9-11,22H,7-8,12H2,1-2H3,(H2,26,32)(H2,27,28,29,30). The molecule has 4 N–H and O–H groups in total. The van der Waals surface area contributed by atoms with Gasteiger partial charge in [0.25, 0.3) is 5.91 Å². The third kappa shape index (κ3) is 5.15. The van der Waals surface area contributed by atoms with E-state index in [2.05, 4.69) is 37.3 Å². The second-order valence-electron chi connectivity index (χ2n) is 7.75. The molecule has 1 aromatic heterocycles. The van der Waals surface area contributed by atoms with Crippen LogP contribution in [0.5, 0.6) is 11.5 Å². The van der Waals surface area contributed by atoms with Crippen molar-refractivity contribution in [2.75, 3.05) is 31.3 Å². The fraction of sp³-hybridized carbons (Fsp3) is 0.261. The Morgan fingerprint density at radius 1 is 1.15 bits per heavy atom. The molecule has 1 aliphatic heterocycles. The number of hydrogen-bond acceptors (Lipinski definition) is 8. The molecule has 1 amide bonds. The van der Waals surface area contributed by atoms with Crippen LogP contribution in [0.25, 0.3) is 0 Å². The predicted octanol–water partition coefficient (Wildman–Crippen LogP) is 3.66. The number of likely N-dealkylation sites (N-methyl/N-ethyl adjacent to an activating group) is 1. The molecule has 4 rings (SSSR count). The van der Waals surface area contributed by atoms with Gasteiger partial charge in [-0.05, 0) is 48.9 Å². The Kier molecular flexibility index (Phi) is 6.73. The monoisotopic (exact) mass is 470 g/mol. The van der Waals surface area contributed by atoms with Gasteiger partial charge in [0, 0.05) is 19.3 Å². The second-order valence-corrected chi connectivity index (χ2v) is 7.75. The minimum atomic E-state index is -3.02. The molecule has 0 fully saturated rings. The van der Waals surface area contributed by atoms with Crippen LogP contribution in [-0.2, 0) is 13.0 Å². The van der Waals surface area contributed by atoms with Crippen molar-refractivity contribution in [3.05, 3.63) is 59.3 Å². The summed E-state index contributed by atoms with van der Waals surface area (Å²) in [5.74, 6) is -0.0811. The Hall–Kier alpha value is -3.99. The number of aromatic nitrogens is 2. The summed E-state index contributed by atoms with van der Waals surface area (Å²) in [4.78, 5) is 22.7. The zero-order valence-electron chi connectivity index (χ0n) is 18.6. The van der Waals surface area contributed by atoms with Crippen molar-refractivity contribution in [1.82, 2.24) is 14.9 Å². The Labute approximate surface area is 194 Å². The third-order valence-electron chi connectivity index (χ3n) is 5.38. The van der Waals surface area contributed by atoms with E-state index in [1.54, 1.807) is 19.2 Å². The topological polar surface area (TPSA) is 115 Å². The number of nitrogens with zero attached hydrogens (tertiary/aromatic N) is 3. The lowest BCUT2D eigenvalue weighted by molar-refractivity contribution is -0.0493. The smallest absolute Gasteiger partial charge is 0.387 e. The Balaban J connectivity index is 1.67. The Bertz CT molecular complexity index is 1210. The number of carbonyl (C=O) groups excluding carboxylic acids is 1. The number of ether oxygens (including phenoxy) is 2. The number of amides is 1. The lowest BCUT2D eigenvalue weighted by Gasteiger charge is -2.26. The van der Waals surface area contributed by atoms with Crippen LogP contribution in [0, 0.1) is 0 Å². The molecule has 2 heterocycles. The molecule has 34 heavy (non-hydrogen) atoms. The summed E-state index contributed by atoms with van der Waals surface area (Å²) >= 11 is 0. The molecule has 0 atom stereocenters. The number of methoxy groups -OCH3 is 1. The zero-order chi connectivity index (χ0) is 24.2. The summed E-state index contributed by atoms with van der Waals surface area (Å²) < 4.78 is 35.7. The summed E-state index contributed by atoms with van der Waals surface area (Å²) in [6.45, 7) is -1.26. The molecule has 1 aliphatic rings. The lowest BCUT2D eigenvalue weighted by Crippen LogP contribution is -2.26. The molecule has 9 nitrogen and oxygen atoms in total. The van der Waals surface area contributed by atoms with Crippen LogP contribution in [0.15, 0.2) is 42.6 Å². The molecule has 2 aromatic carbocycles. The number of alkyl halides is 2. The molecule has 0 bridgehead atoms. The van der Waals surface area contributed by atoms with Crippen LogP contribution >= 0.6 is 0 Å². The van der Waals surface area contributed by atoms with Crippen LogP contribution in [0.2, 0.25) is 0 Å². The van der Waals surface area contributed by atoms with Crippen LogP contribution < -0.4 is 25.8 Å². The van der Waals surface area contributed by atoms with E-state index in [9.17, 15) is 13.6 Å². The largest absolute Gasteiger partial charge is 0.495 e. The first-order valence-electron chi connectivity index (χ1n) is 10.5. The molecular weight excluding hydrogens is 446 g/mol. The lowest BCUT2D eigenvalue weighted by atomic mass is 9.99. The minimum Gasteiger partial charge on any atom is -0.495 e. The minimum absolute atomic E-state index is 0.0172. The number of anilines is 4. The normalized spacial score (nSPS) is 13.3. The quantitative estimate of drug-likeness (QED) is 0.457. The first kappa shape index (κ1) is 23.2. The van der Waals surface area contributed by atoms with E-state index in [0.29, 0.717) is 11.4 Å². The van der Waals surface area contributed by atoms with Gasteiger partial charge in [-0.25, -0.2) is 4.98 Å². The second kappa shape index (κ2) is 9.87. The van der Waals surface area contributed by atoms with Gasteiger partial charge >= 0.3 is 6.61 Å². The molecular formula is C23H24F2N6O3. The van der Waals surface area contributed by atoms with E-state index in [1.165, 1.54) is 23.9 Å². The first-order chi connectivity index (χ1) is 16.3. The van der Waals surface area contributed by atoms with E-state index in [-0.39, 0.29) is 28.8 Å². The highest BCUT2D eigenvalue weighted by molar-refractivity contribution is 5.98. The van der Waals surface area contributed by atoms with Crippen LogP contribution in [0.3, 0.4) is 0 Å². The number of para-hydroxylation sites is 2. The van der Waals surface area contributed by atoms with Crippen molar-refractivity contribution >= 4 is 29.0 Å². The number of carbonyl (C=O) groups is 1. The van der Waals surface area contributed by atoms with E-state index in [0.717, 1.165) is 25.1 Å². The van der Waals surface area contributed by atoms with Crippen LogP contribution in [0.1, 0.15) is 21.5 Å². The molecule has 0 radical (unpaired) electrons. The maximum atomic E-state index is 12.8. The van der Waals surface area contributed by atoms with E-state index in [4.69, 9.17) is 10.5 Å². The maximum Gasteiger partial charge on any atom is 0.387 e. The predicted molar refractivity (Wildman–Crippen MR) is 123 cm³/mol. The van der Waals surface area contributed by atoms with Gasteiger partial charge in [0.1, 0.15) is 22.9 Å².